The molecule has 0 unspecified atom stereocenters. The first-order valence-corrected chi connectivity index (χ1v) is 4.42. The van der Waals surface area contributed by atoms with Gasteiger partial charge >= 0.3 is 0 Å². The van der Waals surface area contributed by atoms with Crippen molar-refractivity contribution in [3.63, 3.8) is 0 Å². The molecule has 0 fully saturated rings. The number of hydrogen-bond acceptors (Lipinski definition) is 1. The molecule has 12 heavy (non-hydrogen) atoms. The van der Waals surface area contributed by atoms with Crippen molar-refractivity contribution in [2.24, 2.45) is 0 Å². The van der Waals surface area contributed by atoms with E-state index in [0.29, 0.717) is 11.6 Å². The third-order valence-corrected chi connectivity index (χ3v) is 2.14. The topological polar surface area (TPSA) is 9.23 Å². The fourth-order valence-corrected chi connectivity index (χ4v) is 1.29. The minimum atomic E-state index is 0.655. The average molecular weight is 185 g/mol. The maximum Gasteiger partial charge on any atom is 0.138 e. The number of ether oxygens (including phenoxy) is 1. The largest absolute Gasteiger partial charge is 0.492 e. The molecule has 2 heteroatoms. The fraction of sp³-hybridized carbons (Fsp3) is 0.400. The van der Waals surface area contributed by atoms with Crippen molar-refractivity contribution in [3.8, 4) is 5.75 Å². The predicted molar refractivity (Wildman–Crippen MR) is 52.1 cm³/mol. The van der Waals surface area contributed by atoms with Gasteiger partial charge in [-0.2, -0.15) is 0 Å². The molecule has 0 aliphatic carbocycles. The second-order valence-electron chi connectivity index (χ2n) is 2.80. The zero-order chi connectivity index (χ0) is 9.14. The summed E-state index contributed by atoms with van der Waals surface area (Å²) in [5, 5.41) is 0.694. The Bertz CT molecular complexity index is 281. The van der Waals surface area contributed by atoms with E-state index in [1.165, 1.54) is 11.1 Å². The van der Waals surface area contributed by atoms with Gasteiger partial charge in [-0.15, -0.1) is 0 Å². The summed E-state index contributed by atoms with van der Waals surface area (Å²) < 4.78 is 5.34. The van der Waals surface area contributed by atoms with E-state index in [4.69, 9.17) is 16.3 Å². The first kappa shape index (κ1) is 9.40. The molecule has 0 aliphatic rings. The molecule has 0 bridgehead atoms. The SMILES string of the molecule is CCOc1cc(C)c(C)cc1Cl. The van der Waals surface area contributed by atoms with Crippen LogP contribution in [0.1, 0.15) is 18.1 Å². The van der Waals surface area contributed by atoms with Gasteiger partial charge < -0.3 is 4.74 Å². The molecule has 0 heterocycles. The van der Waals surface area contributed by atoms with E-state index in [9.17, 15) is 0 Å². The Morgan fingerprint density at radius 1 is 1.25 bits per heavy atom. The van der Waals surface area contributed by atoms with Gasteiger partial charge in [0.15, 0.2) is 0 Å². The number of halogens is 1. The summed E-state index contributed by atoms with van der Waals surface area (Å²) in [4.78, 5) is 0. The van der Waals surface area contributed by atoms with Crippen LogP contribution in [-0.4, -0.2) is 6.61 Å². The number of benzene rings is 1. The van der Waals surface area contributed by atoms with Crippen LogP contribution in [0.2, 0.25) is 5.02 Å². The highest BCUT2D eigenvalue weighted by Crippen LogP contribution is 2.27. The highest BCUT2D eigenvalue weighted by Gasteiger charge is 2.02. The van der Waals surface area contributed by atoms with Crippen molar-refractivity contribution >= 4 is 11.6 Å². The van der Waals surface area contributed by atoms with Gasteiger partial charge in [0.2, 0.25) is 0 Å². The smallest absolute Gasteiger partial charge is 0.138 e. The van der Waals surface area contributed by atoms with E-state index in [1.807, 2.05) is 32.9 Å². The number of rotatable bonds is 2. The second-order valence-corrected chi connectivity index (χ2v) is 3.21. The third-order valence-electron chi connectivity index (χ3n) is 1.85. The van der Waals surface area contributed by atoms with Crippen LogP contribution in [0.4, 0.5) is 0 Å². The van der Waals surface area contributed by atoms with Crippen molar-refractivity contribution in [1.29, 1.82) is 0 Å². The van der Waals surface area contributed by atoms with Crippen LogP contribution >= 0.6 is 11.6 Å². The zero-order valence-electron chi connectivity index (χ0n) is 7.65. The van der Waals surface area contributed by atoms with Crippen LogP contribution in [0.25, 0.3) is 0 Å². The van der Waals surface area contributed by atoms with Gasteiger partial charge in [0.05, 0.1) is 11.6 Å². The Morgan fingerprint density at radius 2 is 1.83 bits per heavy atom. The molecule has 0 atom stereocenters. The minimum absolute atomic E-state index is 0.655. The molecule has 0 N–H and O–H groups in total. The van der Waals surface area contributed by atoms with Crippen LogP contribution in [0.5, 0.6) is 5.75 Å². The van der Waals surface area contributed by atoms with E-state index >= 15 is 0 Å². The Balaban J connectivity index is 3.05. The molecule has 1 aromatic carbocycles. The Kier molecular flexibility index (Phi) is 2.99. The van der Waals surface area contributed by atoms with Crippen molar-refractivity contribution in [2.75, 3.05) is 6.61 Å². The summed E-state index contributed by atoms with van der Waals surface area (Å²) in [6, 6.07) is 3.91. The summed E-state index contributed by atoms with van der Waals surface area (Å²) in [6.07, 6.45) is 0. The normalized spacial score (nSPS) is 10.0. The quantitative estimate of drug-likeness (QED) is 0.685. The van der Waals surface area contributed by atoms with Gasteiger partial charge in [0.1, 0.15) is 5.75 Å². The Morgan fingerprint density at radius 3 is 2.42 bits per heavy atom. The average Bonchev–Trinajstić information content (AvgIpc) is 2.01. The summed E-state index contributed by atoms with van der Waals surface area (Å²) in [5.74, 6) is 0.780. The lowest BCUT2D eigenvalue weighted by Gasteiger charge is -2.08. The van der Waals surface area contributed by atoms with Crippen LogP contribution in [0, 0.1) is 13.8 Å². The van der Waals surface area contributed by atoms with Crippen LogP contribution in [0.3, 0.4) is 0 Å². The first-order valence-electron chi connectivity index (χ1n) is 4.04. The molecule has 0 saturated heterocycles. The molecule has 1 nitrogen and oxygen atoms in total. The van der Waals surface area contributed by atoms with Gasteiger partial charge in [0.25, 0.3) is 0 Å². The van der Waals surface area contributed by atoms with Crippen LogP contribution in [0.15, 0.2) is 12.1 Å². The third kappa shape index (κ3) is 1.92. The molecule has 0 radical (unpaired) electrons. The van der Waals surface area contributed by atoms with E-state index in [0.717, 1.165) is 5.75 Å². The molecule has 66 valence electrons. The lowest BCUT2D eigenvalue weighted by atomic mass is 10.1. The summed E-state index contributed by atoms with van der Waals surface area (Å²) in [5.41, 5.74) is 2.41. The zero-order valence-corrected chi connectivity index (χ0v) is 8.40. The molecule has 0 saturated carbocycles. The molecule has 0 aromatic heterocycles. The standard InChI is InChI=1S/C10H13ClO/c1-4-12-10-6-8(3)7(2)5-9(10)11/h5-6H,4H2,1-3H3. The van der Waals surface area contributed by atoms with Gasteiger partial charge in [-0.25, -0.2) is 0 Å². The van der Waals surface area contributed by atoms with E-state index in [1.54, 1.807) is 0 Å². The first-order chi connectivity index (χ1) is 5.65. The summed E-state index contributed by atoms with van der Waals surface area (Å²) in [7, 11) is 0. The van der Waals surface area contributed by atoms with Gasteiger partial charge in [-0.3, -0.25) is 0 Å². The number of hydrogen-bond donors (Lipinski definition) is 0. The maximum absolute atomic E-state index is 5.96. The van der Waals surface area contributed by atoms with Crippen molar-refractivity contribution in [2.45, 2.75) is 20.8 Å². The van der Waals surface area contributed by atoms with Crippen molar-refractivity contribution in [1.82, 2.24) is 0 Å². The second kappa shape index (κ2) is 3.81. The highest BCUT2D eigenvalue weighted by atomic mass is 35.5. The molecule has 1 rings (SSSR count). The lowest BCUT2D eigenvalue weighted by Crippen LogP contribution is -1.93. The molecular formula is C10H13ClO. The highest BCUT2D eigenvalue weighted by molar-refractivity contribution is 6.32. The molecule has 1 aromatic rings. The Labute approximate surface area is 78.3 Å². The van der Waals surface area contributed by atoms with E-state index in [-0.39, 0.29) is 0 Å². The van der Waals surface area contributed by atoms with Crippen LogP contribution < -0.4 is 4.74 Å². The number of aryl methyl sites for hydroxylation is 2. The van der Waals surface area contributed by atoms with Crippen LogP contribution in [-0.2, 0) is 0 Å². The maximum atomic E-state index is 5.96. The minimum Gasteiger partial charge on any atom is -0.492 e. The summed E-state index contributed by atoms with van der Waals surface area (Å²) >= 11 is 5.96. The predicted octanol–water partition coefficient (Wildman–Crippen LogP) is 3.36. The lowest BCUT2D eigenvalue weighted by molar-refractivity contribution is 0.340. The Hall–Kier alpha value is -0.690. The summed E-state index contributed by atoms with van der Waals surface area (Å²) in [6.45, 7) is 6.69. The van der Waals surface area contributed by atoms with Gasteiger partial charge in [-0.1, -0.05) is 11.6 Å². The van der Waals surface area contributed by atoms with E-state index < -0.39 is 0 Å². The van der Waals surface area contributed by atoms with E-state index in [2.05, 4.69) is 0 Å². The monoisotopic (exact) mass is 184 g/mol. The molecule has 0 aliphatic heterocycles. The molecule has 0 spiro atoms. The fourth-order valence-electron chi connectivity index (χ4n) is 1.02. The molecule has 0 amide bonds. The van der Waals surface area contributed by atoms with Crippen molar-refractivity contribution < 1.29 is 4.74 Å². The van der Waals surface area contributed by atoms with Crippen molar-refractivity contribution in [3.05, 3.63) is 28.3 Å². The van der Waals surface area contributed by atoms with Gasteiger partial charge in [0, 0.05) is 0 Å². The molecular weight excluding hydrogens is 172 g/mol. The van der Waals surface area contributed by atoms with Gasteiger partial charge in [-0.05, 0) is 44.0 Å².